The monoisotopic (exact) mass is 285 g/mol. The van der Waals surface area contributed by atoms with E-state index in [-0.39, 0.29) is 5.91 Å². The Kier molecular flexibility index (Phi) is 4.85. The van der Waals surface area contributed by atoms with Crippen molar-refractivity contribution in [1.82, 2.24) is 5.32 Å². The van der Waals surface area contributed by atoms with Gasteiger partial charge in [0.2, 0.25) is 0 Å². The molecule has 1 aliphatic carbocycles. The highest BCUT2D eigenvalue weighted by Crippen LogP contribution is 2.33. The Morgan fingerprint density at radius 3 is 2.90 bits per heavy atom. The first-order chi connectivity index (χ1) is 9.69. The van der Waals surface area contributed by atoms with Crippen LogP contribution in [0.4, 0.5) is 0 Å². The molecule has 2 rings (SSSR count). The summed E-state index contributed by atoms with van der Waals surface area (Å²) in [5, 5.41) is 2.96. The highest BCUT2D eigenvalue weighted by atomic mass is 32.2. The molecule has 0 unspecified atom stereocenters. The zero-order valence-electron chi connectivity index (χ0n) is 11.7. The first-order valence-corrected chi connectivity index (χ1v) is 8.02. The SMILES string of the molecule is C=Cc1c(C(=O)NCCCSC)ccc2c1C(=C)C=C2. The lowest BCUT2D eigenvalue weighted by atomic mass is 9.94. The molecule has 1 aliphatic rings. The van der Waals surface area contributed by atoms with Gasteiger partial charge in [-0.25, -0.2) is 0 Å². The van der Waals surface area contributed by atoms with Gasteiger partial charge in [-0.05, 0) is 46.8 Å². The van der Waals surface area contributed by atoms with Gasteiger partial charge in [0.1, 0.15) is 0 Å². The van der Waals surface area contributed by atoms with E-state index in [9.17, 15) is 4.79 Å². The molecule has 0 saturated carbocycles. The van der Waals surface area contributed by atoms with Crippen molar-refractivity contribution in [3.05, 3.63) is 53.6 Å². The number of amides is 1. The Labute approximate surface area is 124 Å². The second-order valence-corrected chi connectivity index (χ2v) is 5.64. The summed E-state index contributed by atoms with van der Waals surface area (Å²) < 4.78 is 0. The average molecular weight is 285 g/mol. The van der Waals surface area contributed by atoms with E-state index in [2.05, 4.69) is 24.7 Å². The van der Waals surface area contributed by atoms with E-state index in [1.165, 1.54) is 0 Å². The van der Waals surface area contributed by atoms with Crippen LogP contribution in [-0.2, 0) is 0 Å². The highest BCUT2D eigenvalue weighted by molar-refractivity contribution is 7.98. The fourth-order valence-corrected chi connectivity index (χ4v) is 2.76. The van der Waals surface area contributed by atoms with Crippen LogP contribution in [-0.4, -0.2) is 24.5 Å². The second kappa shape index (κ2) is 6.62. The largest absolute Gasteiger partial charge is 0.352 e. The van der Waals surface area contributed by atoms with Crippen molar-refractivity contribution in [3.63, 3.8) is 0 Å². The Hall–Kier alpha value is -1.74. The molecule has 0 aromatic heterocycles. The fraction of sp³-hybridized carbons (Fsp3) is 0.235. The van der Waals surface area contributed by atoms with E-state index in [4.69, 9.17) is 0 Å². The van der Waals surface area contributed by atoms with Gasteiger partial charge in [-0.1, -0.05) is 37.5 Å². The van der Waals surface area contributed by atoms with E-state index < -0.39 is 0 Å². The maximum Gasteiger partial charge on any atom is 0.251 e. The minimum Gasteiger partial charge on any atom is -0.352 e. The van der Waals surface area contributed by atoms with Gasteiger partial charge in [0.25, 0.3) is 5.91 Å². The van der Waals surface area contributed by atoms with Crippen molar-refractivity contribution < 1.29 is 4.79 Å². The molecule has 0 spiro atoms. The quantitative estimate of drug-likeness (QED) is 0.804. The summed E-state index contributed by atoms with van der Waals surface area (Å²) in [6.45, 7) is 8.57. The van der Waals surface area contributed by atoms with Gasteiger partial charge in [0.15, 0.2) is 0 Å². The van der Waals surface area contributed by atoms with E-state index in [1.807, 2.05) is 24.3 Å². The Balaban J connectivity index is 2.21. The van der Waals surface area contributed by atoms with Crippen LogP contribution in [0.15, 0.2) is 31.4 Å². The molecular formula is C17H19NOS. The summed E-state index contributed by atoms with van der Waals surface area (Å²) in [4.78, 5) is 12.3. The van der Waals surface area contributed by atoms with E-state index in [0.29, 0.717) is 12.1 Å². The van der Waals surface area contributed by atoms with Crippen molar-refractivity contribution in [1.29, 1.82) is 0 Å². The summed E-state index contributed by atoms with van der Waals surface area (Å²) in [6.07, 6.45) is 8.78. The van der Waals surface area contributed by atoms with Crippen LogP contribution < -0.4 is 5.32 Å². The van der Waals surface area contributed by atoms with Crippen LogP contribution in [0, 0.1) is 0 Å². The van der Waals surface area contributed by atoms with Crippen LogP contribution >= 0.6 is 11.8 Å². The highest BCUT2D eigenvalue weighted by Gasteiger charge is 2.18. The zero-order valence-corrected chi connectivity index (χ0v) is 12.6. The molecule has 104 valence electrons. The topological polar surface area (TPSA) is 29.1 Å². The van der Waals surface area contributed by atoms with Gasteiger partial charge >= 0.3 is 0 Å². The molecule has 1 aromatic carbocycles. The Morgan fingerprint density at radius 1 is 1.40 bits per heavy atom. The van der Waals surface area contributed by atoms with Crippen LogP contribution in [0.5, 0.6) is 0 Å². The summed E-state index contributed by atoms with van der Waals surface area (Å²) in [7, 11) is 0. The maximum absolute atomic E-state index is 12.3. The van der Waals surface area contributed by atoms with Gasteiger partial charge in [-0.2, -0.15) is 11.8 Å². The summed E-state index contributed by atoms with van der Waals surface area (Å²) in [6, 6.07) is 3.83. The molecule has 0 bridgehead atoms. The smallest absolute Gasteiger partial charge is 0.251 e. The van der Waals surface area contributed by atoms with Gasteiger partial charge in [-0.3, -0.25) is 4.79 Å². The molecule has 0 radical (unpaired) electrons. The van der Waals surface area contributed by atoms with Gasteiger partial charge in [-0.15, -0.1) is 0 Å². The molecule has 0 atom stereocenters. The van der Waals surface area contributed by atoms with E-state index in [0.717, 1.165) is 34.4 Å². The predicted molar refractivity (Wildman–Crippen MR) is 89.9 cm³/mol. The lowest BCUT2D eigenvalue weighted by Crippen LogP contribution is -2.25. The number of fused-ring (bicyclic) bond motifs is 1. The molecule has 0 fully saturated rings. The normalized spacial score (nSPS) is 12.3. The van der Waals surface area contributed by atoms with Crippen molar-refractivity contribution in [2.45, 2.75) is 6.42 Å². The van der Waals surface area contributed by atoms with Gasteiger partial charge in [0, 0.05) is 12.1 Å². The maximum atomic E-state index is 12.3. The number of thioether (sulfide) groups is 1. The average Bonchev–Trinajstić information content (AvgIpc) is 2.84. The molecule has 2 nitrogen and oxygen atoms in total. The molecule has 1 N–H and O–H groups in total. The third-order valence-electron chi connectivity index (χ3n) is 3.32. The van der Waals surface area contributed by atoms with Crippen LogP contribution in [0.2, 0.25) is 0 Å². The number of carbonyl (C=O) groups is 1. The molecule has 0 aliphatic heterocycles. The minimum absolute atomic E-state index is 0.0384. The number of rotatable bonds is 6. The van der Waals surface area contributed by atoms with E-state index >= 15 is 0 Å². The van der Waals surface area contributed by atoms with E-state index in [1.54, 1.807) is 17.8 Å². The second-order valence-electron chi connectivity index (χ2n) is 4.66. The van der Waals surface area contributed by atoms with Crippen molar-refractivity contribution in [3.8, 4) is 0 Å². The number of benzene rings is 1. The van der Waals surface area contributed by atoms with Gasteiger partial charge in [0.05, 0.1) is 0 Å². The van der Waals surface area contributed by atoms with Crippen molar-refractivity contribution in [2.75, 3.05) is 18.6 Å². The molecule has 1 amide bonds. The number of nitrogens with one attached hydrogen (secondary N) is 1. The van der Waals surface area contributed by atoms with Gasteiger partial charge < -0.3 is 5.32 Å². The molecule has 1 aromatic rings. The standard InChI is InChI=1S/C17H19NOS/c1-4-14-15(17(19)18-10-5-11-20-3)9-8-13-7-6-12(2)16(13)14/h4,6-9H,1-2,5,10-11H2,3H3,(H,18,19). The predicted octanol–water partition coefficient (Wildman–Crippen LogP) is 3.85. The van der Waals surface area contributed by atoms with Crippen molar-refractivity contribution in [2.24, 2.45) is 0 Å². The first kappa shape index (κ1) is 14.7. The molecule has 0 heterocycles. The minimum atomic E-state index is -0.0384. The van der Waals surface area contributed by atoms with Crippen LogP contribution in [0.3, 0.4) is 0 Å². The Morgan fingerprint density at radius 2 is 2.20 bits per heavy atom. The third-order valence-corrected chi connectivity index (χ3v) is 4.02. The number of allylic oxidation sites excluding steroid dienone is 2. The third kappa shape index (κ3) is 2.88. The van der Waals surface area contributed by atoms with Crippen molar-refractivity contribution >= 4 is 35.4 Å². The summed E-state index contributed by atoms with van der Waals surface area (Å²) >= 11 is 1.79. The lowest BCUT2D eigenvalue weighted by molar-refractivity contribution is 0.0953. The lowest BCUT2D eigenvalue weighted by Gasteiger charge is -2.12. The molecule has 3 heteroatoms. The summed E-state index contributed by atoms with van der Waals surface area (Å²) in [5.74, 6) is 1.02. The first-order valence-electron chi connectivity index (χ1n) is 6.63. The number of carbonyl (C=O) groups excluding carboxylic acids is 1. The molecular weight excluding hydrogens is 266 g/mol. The fourth-order valence-electron chi connectivity index (χ4n) is 2.33. The summed E-state index contributed by atoms with van der Waals surface area (Å²) in [5.41, 5.74) is 4.61. The van der Waals surface area contributed by atoms with Crippen LogP contribution in [0.25, 0.3) is 17.7 Å². The number of hydrogen-bond acceptors (Lipinski definition) is 2. The number of hydrogen-bond donors (Lipinski definition) is 1. The Bertz CT molecular complexity index is 587. The molecule has 0 saturated heterocycles. The molecule has 20 heavy (non-hydrogen) atoms. The van der Waals surface area contributed by atoms with Crippen LogP contribution in [0.1, 0.15) is 33.5 Å². The zero-order chi connectivity index (χ0) is 14.5.